The predicted molar refractivity (Wildman–Crippen MR) is 53.7 cm³/mol. The van der Waals surface area contributed by atoms with E-state index in [1.54, 1.807) is 0 Å². The van der Waals surface area contributed by atoms with Gasteiger partial charge < -0.3 is 14.8 Å². The summed E-state index contributed by atoms with van der Waals surface area (Å²) >= 11 is 0. The average molecular weight is 240 g/mol. The number of amides is 1. The zero-order valence-electron chi connectivity index (χ0n) is 8.56. The lowest BCUT2D eigenvalue weighted by Gasteiger charge is -2.04. The van der Waals surface area contributed by atoms with Crippen LogP contribution in [0.4, 0.5) is 0 Å². The van der Waals surface area contributed by atoms with Gasteiger partial charge in [0.15, 0.2) is 0 Å². The van der Waals surface area contributed by atoms with E-state index in [0.717, 1.165) is 0 Å². The summed E-state index contributed by atoms with van der Waals surface area (Å²) in [4.78, 5) is 11.0. The fraction of sp³-hybridized carbons (Fsp3) is 0.857. The van der Waals surface area contributed by atoms with E-state index in [9.17, 15) is 13.2 Å². The molecule has 0 heterocycles. The molecule has 0 radical (unpaired) electrons. The monoisotopic (exact) mass is 240 g/mol. The Hall–Kier alpha value is -0.700. The van der Waals surface area contributed by atoms with Crippen LogP contribution in [0.15, 0.2) is 0 Å². The molecule has 0 bridgehead atoms. The van der Waals surface area contributed by atoms with Gasteiger partial charge in [0, 0.05) is 13.7 Å². The number of methoxy groups -OCH3 is 1. The van der Waals surface area contributed by atoms with Gasteiger partial charge in [0.25, 0.3) is 0 Å². The van der Waals surface area contributed by atoms with Crippen LogP contribution in [0.1, 0.15) is 0 Å². The molecule has 0 aliphatic rings. The van der Waals surface area contributed by atoms with E-state index in [-0.39, 0.29) is 24.8 Å². The van der Waals surface area contributed by atoms with Crippen LogP contribution in [-0.2, 0) is 24.3 Å². The summed E-state index contributed by atoms with van der Waals surface area (Å²) in [5.74, 6) is -0.661. The highest BCUT2D eigenvalue weighted by Crippen LogP contribution is 1.78. The second kappa shape index (κ2) is 7.57. The first-order valence-corrected chi connectivity index (χ1v) is 6.01. The Kier molecular flexibility index (Phi) is 7.22. The third-order valence-corrected chi connectivity index (χ3v) is 2.15. The summed E-state index contributed by atoms with van der Waals surface area (Å²) in [6.45, 7) is 0.600. The zero-order chi connectivity index (χ0) is 11.7. The van der Waals surface area contributed by atoms with Crippen molar-refractivity contribution in [3.8, 4) is 0 Å². The van der Waals surface area contributed by atoms with Crippen molar-refractivity contribution in [2.45, 2.75) is 0 Å². The summed E-state index contributed by atoms with van der Waals surface area (Å²) in [6, 6.07) is 0. The molecule has 0 aromatic heterocycles. The lowest BCUT2D eigenvalue weighted by molar-refractivity contribution is -0.125. The lowest BCUT2D eigenvalue weighted by Crippen LogP contribution is -2.33. The van der Waals surface area contributed by atoms with Crippen LogP contribution in [0.5, 0.6) is 0 Å². The number of carbonyl (C=O) groups is 1. The van der Waals surface area contributed by atoms with E-state index in [2.05, 4.69) is 5.32 Å². The predicted octanol–water partition coefficient (Wildman–Crippen LogP) is -1.95. The maximum atomic E-state index is 11.0. The van der Waals surface area contributed by atoms with Crippen LogP contribution in [-0.4, -0.2) is 53.6 Å². The van der Waals surface area contributed by atoms with E-state index < -0.39 is 10.0 Å². The summed E-state index contributed by atoms with van der Waals surface area (Å²) in [6.07, 6.45) is 0. The first kappa shape index (κ1) is 14.3. The number of ether oxygens (including phenoxy) is 2. The third-order valence-electron chi connectivity index (χ3n) is 1.37. The molecule has 8 heteroatoms. The first-order valence-electron chi connectivity index (χ1n) is 4.29. The molecule has 0 aliphatic carbocycles. The normalized spacial score (nSPS) is 11.3. The standard InChI is InChI=1S/C7H16N2O5S/c1-13-3-4-14-6-7(10)9-2-5-15(8,11)12/h2-6H2,1H3,(H,9,10)(H2,8,11,12). The molecule has 7 nitrogen and oxygen atoms in total. The number of hydrogen-bond donors (Lipinski definition) is 2. The van der Waals surface area contributed by atoms with Crippen molar-refractivity contribution in [3.05, 3.63) is 0 Å². The molecule has 0 fully saturated rings. The van der Waals surface area contributed by atoms with Gasteiger partial charge in [0.05, 0.1) is 19.0 Å². The molecule has 0 aromatic rings. The Morgan fingerprint density at radius 1 is 1.40 bits per heavy atom. The van der Waals surface area contributed by atoms with Crippen molar-refractivity contribution in [1.29, 1.82) is 0 Å². The van der Waals surface area contributed by atoms with Crippen LogP contribution in [0.3, 0.4) is 0 Å². The molecule has 0 unspecified atom stereocenters. The van der Waals surface area contributed by atoms with Crippen molar-refractivity contribution < 1.29 is 22.7 Å². The van der Waals surface area contributed by atoms with Crippen LogP contribution in [0.25, 0.3) is 0 Å². The number of carbonyl (C=O) groups excluding carboxylic acids is 1. The highest BCUT2D eigenvalue weighted by molar-refractivity contribution is 7.89. The Balaban J connectivity index is 3.42. The minimum absolute atomic E-state index is 0.00863. The third kappa shape index (κ3) is 11.2. The Morgan fingerprint density at radius 3 is 2.60 bits per heavy atom. The molecule has 0 spiro atoms. The largest absolute Gasteiger partial charge is 0.382 e. The molecular weight excluding hydrogens is 224 g/mol. The number of rotatable bonds is 8. The van der Waals surface area contributed by atoms with Crippen molar-refractivity contribution >= 4 is 15.9 Å². The molecule has 0 rings (SSSR count). The van der Waals surface area contributed by atoms with Gasteiger partial charge in [0.1, 0.15) is 6.61 Å². The van der Waals surface area contributed by atoms with Gasteiger partial charge in [-0.25, -0.2) is 13.6 Å². The summed E-state index contributed by atoms with van der Waals surface area (Å²) in [5.41, 5.74) is 0. The quantitative estimate of drug-likeness (QED) is 0.480. The fourth-order valence-electron chi connectivity index (χ4n) is 0.691. The fourth-order valence-corrected chi connectivity index (χ4v) is 1.08. The van der Waals surface area contributed by atoms with Crippen LogP contribution in [0, 0.1) is 0 Å². The SMILES string of the molecule is COCCOCC(=O)NCCS(N)(=O)=O. The van der Waals surface area contributed by atoms with E-state index >= 15 is 0 Å². The zero-order valence-corrected chi connectivity index (χ0v) is 9.38. The molecule has 3 N–H and O–H groups in total. The Labute approximate surface area is 89.0 Å². The van der Waals surface area contributed by atoms with Crippen LogP contribution < -0.4 is 10.5 Å². The molecule has 15 heavy (non-hydrogen) atoms. The lowest BCUT2D eigenvalue weighted by atomic mass is 10.6. The second-order valence-electron chi connectivity index (χ2n) is 2.76. The highest BCUT2D eigenvalue weighted by Gasteiger charge is 2.04. The topological polar surface area (TPSA) is 108 Å². The summed E-state index contributed by atoms with van der Waals surface area (Å²) in [7, 11) is -2.00. The van der Waals surface area contributed by atoms with E-state index in [1.807, 2.05) is 0 Å². The van der Waals surface area contributed by atoms with Crippen molar-refractivity contribution in [1.82, 2.24) is 5.32 Å². The maximum Gasteiger partial charge on any atom is 0.246 e. The minimum atomic E-state index is -3.52. The number of nitrogens with two attached hydrogens (primary N) is 1. The number of sulfonamides is 1. The van der Waals surface area contributed by atoms with E-state index in [0.29, 0.717) is 13.2 Å². The van der Waals surface area contributed by atoms with Gasteiger partial charge in [-0.1, -0.05) is 0 Å². The van der Waals surface area contributed by atoms with Gasteiger partial charge in [-0.2, -0.15) is 0 Å². The average Bonchev–Trinajstić information content (AvgIpc) is 2.10. The number of hydrogen-bond acceptors (Lipinski definition) is 5. The summed E-state index contributed by atoms with van der Waals surface area (Å²) in [5, 5.41) is 7.09. The molecule has 1 amide bonds. The van der Waals surface area contributed by atoms with Crippen molar-refractivity contribution in [2.75, 3.05) is 39.2 Å². The van der Waals surface area contributed by atoms with Crippen LogP contribution >= 0.6 is 0 Å². The Morgan fingerprint density at radius 2 is 2.07 bits per heavy atom. The molecule has 0 atom stereocenters. The first-order chi connectivity index (χ1) is 6.95. The molecule has 0 aliphatic heterocycles. The molecule has 90 valence electrons. The smallest absolute Gasteiger partial charge is 0.246 e. The molecular formula is C7H16N2O5S. The second-order valence-corrected chi connectivity index (χ2v) is 4.50. The van der Waals surface area contributed by atoms with Crippen LogP contribution in [0.2, 0.25) is 0 Å². The van der Waals surface area contributed by atoms with Gasteiger partial charge >= 0.3 is 0 Å². The van der Waals surface area contributed by atoms with Gasteiger partial charge in [0.2, 0.25) is 15.9 Å². The summed E-state index contributed by atoms with van der Waals surface area (Å²) < 4.78 is 30.6. The number of nitrogens with one attached hydrogen (secondary N) is 1. The van der Waals surface area contributed by atoms with Gasteiger partial charge in [-0.3, -0.25) is 4.79 Å². The van der Waals surface area contributed by atoms with E-state index in [4.69, 9.17) is 14.6 Å². The van der Waals surface area contributed by atoms with Crippen molar-refractivity contribution in [2.24, 2.45) is 5.14 Å². The number of primary sulfonamides is 1. The molecule has 0 saturated heterocycles. The van der Waals surface area contributed by atoms with Gasteiger partial charge in [-0.15, -0.1) is 0 Å². The highest BCUT2D eigenvalue weighted by atomic mass is 32.2. The van der Waals surface area contributed by atoms with E-state index in [1.165, 1.54) is 7.11 Å². The minimum Gasteiger partial charge on any atom is -0.382 e. The van der Waals surface area contributed by atoms with Gasteiger partial charge in [-0.05, 0) is 0 Å². The Bertz CT molecular complexity index is 277. The maximum absolute atomic E-state index is 11.0. The van der Waals surface area contributed by atoms with Crippen molar-refractivity contribution in [3.63, 3.8) is 0 Å². The molecule has 0 aromatic carbocycles. The molecule has 0 saturated carbocycles.